The molecule has 1 saturated heterocycles. The zero-order valence-corrected chi connectivity index (χ0v) is 15.7. The molecule has 0 bridgehead atoms. The van der Waals surface area contributed by atoms with Crippen molar-refractivity contribution in [2.75, 3.05) is 32.6 Å². The highest BCUT2D eigenvalue weighted by Crippen LogP contribution is 2.22. The number of aliphatic hydroxyl groups is 1. The van der Waals surface area contributed by atoms with E-state index in [0.29, 0.717) is 23.9 Å². The number of nitrogens with zero attached hydrogens (tertiary/aromatic N) is 4. The lowest BCUT2D eigenvalue weighted by Crippen LogP contribution is -2.41. The molecule has 7 nitrogen and oxygen atoms in total. The van der Waals surface area contributed by atoms with Crippen molar-refractivity contribution in [3.8, 4) is 0 Å². The minimum atomic E-state index is -0.221. The fraction of sp³-hybridized carbons (Fsp3) is 0.444. The number of carbonyl (C=O) groups is 1. The second-order valence-corrected chi connectivity index (χ2v) is 7.21. The molecule has 2 aromatic rings. The lowest BCUT2D eigenvalue weighted by molar-refractivity contribution is 0.166. The smallest absolute Gasteiger partial charge is 0.323 e. The molecule has 140 valence electrons. The third-order valence-electron chi connectivity index (χ3n) is 4.77. The lowest BCUT2D eigenvalue weighted by atomic mass is 10.2. The van der Waals surface area contributed by atoms with Crippen molar-refractivity contribution in [2.24, 2.45) is 0 Å². The summed E-state index contributed by atoms with van der Waals surface area (Å²) in [4.78, 5) is 16.5. The van der Waals surface area contributed by atoms with Gasteiger partial charge in [-0.1, -0.05) is 23.7 Å². The van der Waals surface area contributed by atoms with Gasteiger partial charge < -0.3 is 14.9 Å². The first kappa shape index (κ1) is 18.7. The number of likely N-dealkylation sites (N-methyl/N-ethyl adjacent to an activating group) is 1. The summed E-state index contributed by atoms with van der Waals surface area (Å²) in [6.45, 7) is 1.05. The minimum Gasteiger partial charge on any atom is -0.394 e. The fourth-order valence-electron chi connectivity index (χ4n) is 3.24. The third kappa shape index (κ3) is 4.17. The summed E-state index contributed by atoms with van der Waals surface area (Å²) in [5, 5.41) is 17.5. The van der Waals surface area contributed by atoms with E-state index in [1.54, 1.807) is 21.8 Å². The first-order valence-electron chi connectivity index (χ1n) is 8.59. The van der Waals surface area contributed by atoms with Gasteiger partial charge >= 0.3 is 6.03 Å². The van der Waals surface area contributed by atoms with Crippen molar-refractivity contribution >= 4 is 23.4 Å². The number of aliphatic hydroxyl groups excluding tert-OH is 1. The molecular weight excluding hydrogens is 354 g/mol. The van der Waals surface area contributed by atoms with Gasteiger partial charge in [-0.3, -0.25) is 5.32 Å². The fourth-order valence-corrected chi connectivity index (χ4v) is 3.46. The monoisotopic (exact) mass is 377 g/mol. The molecule has 1 aromatic carbocycles. The van der Waals surface area contributed by atoms with Gasteiger partial charge in [0.1, 0.15) is 5.82 Å². The standard InChI is InChI=1S/C18H24ClN5O2/c1-22(2)15-9-16(12-25)23(11-15)18(26)21-17-6-7-20-24(17)10-13-4-3-5-14(19)8-13/h3-8,15-16,25H,9-12H2,1-2H3,(H,21,26)/t15-,16+/m1/s1. The minimum absolute atomic E-state index is 0.0421. The summed E-state index contributed by atoms with van der Waals surface area (Å²) >= 11 is 6.03. The number of rotatable bonds is 5. The summed E-state index contributed by atoms with van der Waals surface area (Å²) in [7, 11) is 3.97. The Hall–Kier alpha value is -2.09. The van der Waals surface area contributed by atoms with E-state index >= 15 is 0 Å². The molecule has 1 aliphatic rings. The highest BCUT2D eigenvalue weighted by molar-refractivity contribution is 6.30. The molecule has 2 N–H and O–H groups in total. The van der Waals surface area contributed by atoms with Gasteiger partial charge in [0.05, 0.1) is 25.4 Å². The number of likely N-dealkylation sites (tertiary alicyclic amines) is 1. The highest BCUT2D eigenvalue weighted by atomic mass is 35.5. The highest BCUT2D eigenvalue weighted by Gasteiger charge is 2.36. The maximum absolute atomic E-state index is 12.7. The molecule has 2 amide bonds. The van der Waals surface area contributed by atoms with Gasteiger partial charge in [0, 0.05) is 23.7 Å². The lowest BCUT2D eigenvalue weighted by Gasteiger charge is -2.24. The largest absolute Gasteiger partial charge is 0.394 e. The quantitative estimate of drug-likeness (QED) is 0.837. The van der Waals surface area contributed by atoms with Crippen molar-refractivity contribution in [1.29, 1.82) is 0 Å². The van der Waals surface area contributed by atoms with Gasteiger partial charge in [0.15, 0.2) is 0 Å². The van der Waals surface area contributed by atoms with Crippen LogP contribution in [0.4, 0.5) is 10.6 Å². The molecule has 1 aliphatic heterocycles. The van der Waals surface area contributed by atoms with Crippen LogP contribution in [0.2, 0.25) is 5.02 Å². The Balaban J connectivity index is 1.69. The normalized spacial score (nSPS) is 20.0. The van der Waals surface area contributed by atoms with E-state index in [1.807, 2.05) is 38.4 Å². The van der Waals surface area contributed by atoms with Crippen LogP contribution in [0, 0.1) is 0 Å². The summed E-state index contributed by atoms with van der Waals surface area (Å²) in [5.41, 5.74) is 0.999. The molecule has 0 saturated carbocycles. The summed E-state index contributed by atoms with van der Waals surface area (Å²) in [5.74, 6) is 0.611. The molecule has 8 heteroatoms. The van der Waals surface area contributed by atoms with Crippen LogP contribution in [-0.2, 0) is 6.54 Å². The first-order valence-corrected chi connectivity index (χ1v) is 8.97. The molecule has 0 radical (unpaired) electrons. The van der Waals surface area contributed by atoms with E-state index in [0.717, 1.165) is 12.0 Å². The summed E-state index contributed by atoms with van der Waals surface area (Å²) in [6.07, 6.45) is 2.41. The Bertz CT molecular complexity index is 764. The van der Waals surface area contributed by atoms with E-state index in [1.165, 1.54) is 0 Å². The molecule has 1 fully saturated rings. The van der Waals surface area contributed by atoms with Gasteiger partial charge in [-0.2, -0.15) is 5.10 Å². The topological polar surface area (TPSA) is 73.6 Å². The van der Waals surface area contributed by atoms with Gasteiger partial charge in [-0.25, -0.2) is 9.48 Å². The number of hydrogen-bond acceptors (Lipinski definition) is 4. The molecule has 2 heterocycles. The number of hydrogen-bond donors (Lipinski definition) is 2. The second-order valence-electron chi connectivity index (χ2n) is 6.78. The van der Waals surface area contributed by atoms with Crippen LogP contribution >= 0.6 is 11.6 Å². The van der Waals surface area contributed by atoms with Gasteiger partial charge in [0.2, 0.25) is 0 Å². The SMILES string of the molecule is CN(C)[C@@H]1C[C@@H](CO)N(C(=O)Nc2ccnn2Cc2cccc(Cl)c2)C1. The van der Waals surface area contributed by atoms with Crippen molar-refractivity contribution in [1.82, 2.24) is 19.6 Å². The number of anilines is 1. The summed E-state index contributed by atoms with van der Waals surface area (Å²) in [6, 6.07) is 9.15. The number of halogens is 1. The predicted octanol–water partition coefficient (Wildman–Crippen LogP) is 2.11. The number of amides is 2. The van der Waals surface area contributed by atoms with Crippen LogP contribution in [0.1, 0.15) is 12.0 Å². The van der Waals surface area contributed by atoms with E-state index in [-0.39, 0.29) is 24.7 Å². The molecule has 26 heavy (non-hydrogen) atoms. The number of nitrogens with one attached hydrogen (secondary N) is 1. The van der Waals surface area contributed by atoms with Crippen LogP contribution in [-0.4, -0.2) is 70.0 Å². The van der Waals surface area contributed by atoms with Crippen LogP contribution in [0.25, 0.3) is 0 Å². The van der Waals surface area contributed by atoms with E-state index in [4.69, 9.17) is 11.6 Å². The van der Waals surface area contributed by atoms with Gasteiger partial charge in [-0.15, -0.1) is 0 Å². The number of benzene rings is 1. The van der Waals surface area contributed by atoms with Crippen molar-refractivity contribution in [3.63, 3.8) is 0 Å². The Morgan fingerprint density at radius 2 is 2.23 bits per heavy atom. The maximum atomic E-state index is 12.7. The van der Waals surface area contributed by atoms with Crippen LogP contribution in [0.5, 0.6) is 0 Å². The second kappa shape index (κ2) is 8.07. The Labute approximate surface area is 158 Å². The Morgan fingerprint density at radius 3 is 2.92 bits per heavy atom. The number of carbonyl (C=O) groups excluding carboxylic acids is 1. The molecule has 3 rings (SSSR count). The molecule has 2 atom stereocenters. The first-order chi connectivity index (χ1) is 12.5. The zero-order chi connectivity index (χ0) is 18.7. The van der Waals surface area contributed by atoms with Crippen molar-refractivity contribution < 1.29 is 9.90 Å². The van der Waals surface area contributed by atoms with Crippen molar-refractivity contribution in [3.05, 3.63) is 47.1 Å². The zero-order valence-electron chi connectivity index (χ0n) is 15.0. The third-order valence-corrected chi connectivity index (χ3v) is 5.00. The van der Waals surface area contributed by atoms with Gasteiger partial charge in [-0.05, 0) is 38.2 Å². The average Bonchev–Trinajstić information content (AvgIpc) is 3.22. The van der Waals surface area contributed by atoms with Gasteiger partial charge in [0.25, 0.3) is 0 Å². The maximum Gasteiger partial charge on any atom is 0.323 e. The van der Waals surface area contributed by atoms with E-state index in [2.05, 4.69) is 15.3 Å². The predicted molar refractivity (Wildman–Crippen MR) is 101 cm³/mol. The van der Waals surface area contributed by atoms with Crippen LogP contribution < -0.4 is 5.32 Å². The number of aromatic nitrogens is 2. The Kier molecular flexibility index (Phi) is 5.80. The number of urea groups is 1. The molecular formula is C18H24ClN5O2. The molecule has 0 aliphatic carbocycles. The molecule has 1 aromatic heterocycles. The average molecular weight is 378 g/mol. The van der Waals surface area contributed by atoms with E-state index in [9.17, 15) is 9.90 Å². The summed E-state index contributed by atoms with van der Waals surface area (Å²) < 4.78 is 1.72. The van der Waals surface area contributed by atoms with Crippen LogP contribution in [0.15, 0.2) is 36.5 Å². The van der Waals surface area contributed by atoms with Crippen LogP contribution in [0.3, 0.4) is 0 Å². The van der Waals surface area contributed by atoms with Crippen molar-refractivity contribution in [2.45, 2.75) is 25.0 Å². The van der Waals surface area contributed by atoms with E-state index < -0.39 is 0 Å². The Morgan fingerprint density at radius 1 is 1.42 bits per heavy atom. The molecule has 0 unspecified atom stereocenters. The molecule has 0 spiro atoms.